The molecule has 29 heavy (non-hydrogen) atoms. The summed E-state index contributed by atoms with van der Waals surface area (Å²) in [5.41, 5.74) is 3.55. The molecule has 0 radical (unpaired) electrons. The number of hydrogen-bond acceptors (Lipinski definition) is 3. The topological polar surface area (TPSA) is 52.4 Å². The van der Waals surface area contributed by atoms with E-state index in [0.29, 0.717) is 24.1 Å². The van der Waals surface area contributed by atoms with Gasteiger partial charge in [0.15, 0.2) is 5.69 Å². The lowest BCUT2D eigenvalue weighted by Crippen LogP contribution is -2.26. The van der Waals surface area contributed by atoms with Gasteiger partial charge in [-0.3, -0.25) is 4.68 Å². The van der Waals surface area contributed by atoms with Gasteiger partial charge in [0.25, 0.3) is 11.7 Å². The van der Waals surface area contributed by atoms with Gasteiger partial charge in [-0.25, -0.2) is 13.8 Å². The second-order valence-corrected chi connectivity index (χ2v) is 7.25. The maximum absolute atomic E-state index is 14.2. The van der Waals surface area contributed by atoms with Crippen LogP contribution < -0.4 is 0 Å². The zero-order valence-electron chi connectivity index (χ0n) is 15.3. The Morgan fingerprint density at radius 1 is 1.17 bits per heavy atom. The highest BCUT2D eigenvalue weighted by atomic mass is 19.3. The van der Waals surface area contributed by atoms with Crippen LogP contribution >= 0.6 is 0 Å². The molecule has 1 aliphatic carbocycles. The smallest absolute Gasteiger partial charge is 0.270 e. The van der Waals surface area contributed by atoms with Crippen LogP contribution in [-0.2, 0) is 6.54 Å². The van der Waals surface area contributed by atoms with Crippen molar-refractivity contribution >= 4 is 11.5 Å². The minimum Gasteiger partial charge on any atom is -0.361 e. The maximum atomic E-state index is 14.2. The van der Waals surface area contributed by atoms with Gasteiger partial charge in [0.2, 0.25) is 0 Å². The molecule has 5 rings (SSSR count). The fourth-order valence-electron chi connectivity index (χ4n) is 3.46. The molecule has 4 heterocycles. The number of fused-ring (bicyclic) bond motifs is 1. The Bertz CT molecular complexity index is 1250. The summed E-state index contributed by atoms with van der Waals surface area (Å²) in [5.74, 6) is -3.02. The van der Waals surface area contributed by atoms with Crippen molar-refractivity contribution in [2.45, 2.75) is 25.3 Å². The number of halogens is 2. The SMILES string of the molecule is [C-]#[N+]c1ccc(-c2cnn(CC(F)(F)C3CC3)c2)c(-c2ccn3ccnc3c2)n1. The van der Waals surface area contributed by atoms with Crippen LogP contribution in [0.3, 0.4) is 0 Å². The first-order valence-electron chi connectivity index (χ1n) is 9.26. The van der Waals surface area contributed by atoms with Gasteiger partial charge in [-0.05, 0) is 31.0 Å². The Morgan fingerprint density at radius 3 is 2.83 bits per heavy atom. The lowest BCUT2D eigenvalue weighted by molar-refractivity contribution is -0.0414. The first-order valence-corrected chi connectivity index (χ1v) is 9.26. The third-order valence-corrected chi connectivity index (χ3v) is 5.16. The highest BCUT2D eigenvalue weighted by Gasteiger charge is 2.47. The molecule has 0 amide bonds. The van der Waals surface area contributed by atoms with Crippen LogP contribution in [0, 0.1) is 12.5 Å². The second-order valence-electron chi connectivity index (χ2n) is 7.25. The fourth-order valence-corrected chi connectivity index (χ4v) is 3.46. The first-order chi connectivity index (χ1) is 14.0. The van der Waals surface area contributed by atoms with Crippen LogP contribution in [-0.4, -0.2) is 30.1 Å². The van der Waals surface area contributed by atoms with Crippen molar-refractivity contribution in [2.75, 3.05) is 0 Å². The molecule has 0 atom stereocenters. The number of rotatable bonds is 5. The average molecular weight is 390 g/mol. The van der Waals surface area contributed by atoms with E-state index in [9.17, 15) is 8.78 Å². The summed E-state index contributed by atoms with van der Waals surface area (Å²) in [6.07, 6.45) is 9.73. The molecule has 4 aromatic rings. The normalized spacial score (nSPS) is 14.2. The van der Waals surface area contributed by atoms with Gasteiger partial charge in [-0.2, -0.15) is 5.10 Å². The van der Waals surface area contributed by atoms with Crippen molar-refractivity contribution in [1.82, 2.24) is 24.1 Å². The molecule has 0 N–H and O–H groups in total. The van der Waals surface area contributed by atoms with Crippen molar-refractivity contribution in [3.63, 3.8) is 0 Å². The molecule has 144 valence electrons. The fraction of sp³-hybridized carbons (Fsp3) is 0.238. The minimum atomic E-state index is -2.75. The lowest BCUT2D eigenvalue weighted by atomic mass is 10.0. The molecule has 0 spiro atoms. The van der Waals surface area contributed by atoms with E-state index in [0.717, 1.165) is 16.8 Å². The van der Waals surface area contributed by atoms with Crippen LogP contribution in [0.4, 0.5) is 14.6 Å². The standard InChI is InChI=1S/C21H16F2N6/c1-24-18-5-4-17(15-11-26-29(12-15)13-21(22,23)16-2-3-16)20(27-18)14-6-8-28-9-7-25-19(28)10-14/h4-12,16H,2-3,13H2. The summed E-state index contributed by atoms with van der Waals surface area (Å²) in [6.45, 7) is 6.85. The molecule has 0 aliphatic heterocycles. The minimum absolute atomic E-state index is 0.264. The molecule has 0 aromatic carbocycles. The molecule has 1 aliphatic rings. The van der Waals surface area contributed by atoms with E-state index in [-0.39, 0.29) is 5.82 Å². The van der Waals surface area contributed by atoms with Crippen LogP contribution in [0.25, 0.3) is 32.9 Å². The van der Waals surface area contributed by atoms with Gasteiger partial charge in [0, 0.05) is 47.4 Å². The van der Waals surface area contributed by atoms with Crippen molar-refractivity contribution in [2.24, 2.45) is 5.92 Å². The third-order valence-electron chi connectivity index (χ3n) is 5.16. The molecule has 6 nitrogen and oxygen atoms in total. The van der Waals surface area contributed by atoms with Gasteiger partial charge >= 0.3 is 0 Å². The van der Waals surface area contributed by atoms with E-state index < -0.39 is 18.4 Å². The van der Waals surface area contributed by atoms with Gasteiger partial charge in [-0.15, -0.1) is 4.98 Å². The molecule has 0 unspecified atom stereocenters. The Hall–Kier alpha value is -3.60. The van der Waals surface area contributed by atoms with Gasteiger partial charge in [-0.1, -0.05) is 12.6 Å². The van der Waals surface area contributed by atoms with Crippen LogP contribution in [0.5, 0.6) is 0 Å². The molecule has 0 bridgehead atoms. The van der Waals surface area contributed by atoms with Crippen molar-refractivity contribution < 1.29 is 8.78 Å². The van der Waals surface area contributed by atoms with Gasteiger partial charge in [0.05, 0.1) is 6.20 Å². The highest BCUT2D eigenvalue weighted by Crippen LogP contribution is 2.44. The monoisotopic (exact) mass is 390 g/mol. The average Bonchev–Trinajstić information content (AvgIpc) is 3.34. The van der Waals surface area contributed by atoms with E-state index in [4.69, 9.17) is 6.57 Å². The first kappa shape index (κ1) is 17.5. The van der Waals surface area contributed by atoms with E-state index >= 15 is 0 Å². The lowest BCUT2D eigenvalue weighted by Gasteiger charge is -2.14. The van der Waals surface area contributed by atoms with Crippen molar-refractivity contribution in [1.29, 1.82) is 0 Å². The van der Waals surface area contributed by atoms with Gasteiger partial charge < -0.3 is 9.25 Å². The molecular weight excluding hydrogens is 374 g/mol. The maximum Gasteiger partial charge on any atom is 0.270 e. The number of pyridine rings is 2. The van der Waals surface area contributed by atoms with E-state index in [2.05, 4.69) is 19.9 Å². The van der Waals surface area contributed by atoms with Crippen molar-refractivity contribution in [3.05, 3.63) is 66.7 Å². The Balaban J connectivity index is 1.56. The van der Waals surface area contributed by atoms with E-state index in [1.807, 2.05) is 28.9 Å². The molecule has 1 fully saturated rings. The summed E-state index contributed by atoms with van der Waals surface area (Å²) in [4.78, 5) is 12.2. The summed E-state index contributed by atoms with van der Waals surface area (Å²) >= 11 is 0. The Labute approximate surface area is 165 Å². The molecule has 0 saturated heterocycles. The quantitative estimate of drug-likeness (QED) is 0.458. The highest BCUT2D eigenvalue weighted by molar-refractivity contribution is 5.82. The van der Waals surface area contributed by atoms with E-state index in [1.54, 1.807) is 30.7 Å². The number of imidazole rings is 1. The number of aromatic nitrogens is 5. The third kappa shape index (κ3) is 3.25. The number of hydrogen-bond donors (Lipinski definition) is 0. The number of nitrogens with zero attached hydrogens (tertiary/aromatic N) is 6. The zero-order valence-corrected chi connectivity index (χ0v) is 15.3. The van der Waals surface area contributed by atoms with Crippen molar-refractivity contribution in [3.8, 4) is 22.4 Å². The largest absolute Gasteiger partial charge is 0.361 e. The van der Waals surface area contributed by atoms with Crippen LogP contribution in [0.1, 0.15) is 12.8 Å². The van der Waals surface area contributed by atoms with Gasteiger partial charge in [0.1, 0.15) is 12.2 Å². The molecule has 1 saturated carbocycles. The van der Waals surface area contributed by atoms with Crippen LogP contribution in [0.15, 0.2) is 55.2 Å². The van der Waals surface area contributed by atoms with E-state index in [1.165, 1.54) is 4.68 Å². The molecule has 4 aromatic heterocycles. The van der Waals surface area contributed by atoms with Crippen LogP contribution in [0.2, 0.25) is 0 Å². The predicted octanol–water partition coefficient (Wildman–Crippen LogP) is 4.86. The summed E-state index contributed by atoms with van der Waals surface area (Å²) in [6, 6.07) is 7.17. The predicted molar refractivity (Wildman–Crippen MR) is 104 cm³/mol. The second kappa shape index (κ2) is 6.48. The zero-order chi connectivity index (χ0) is 20.0. The Kier molecular flexibility index (Phi) is 3.91. The molecule has 8 heteroatoms. The summed E-state index contributed by atoms with van der Waals surface area (Å²) in [7, 11) is 0. The summed E-state index contributed by atoms with van der Waals surface area (Å²) < 4.78 is 31.5. The summed E-state index contributed by atoms with van der Waals surface area (Å²) in [5, 5.41) is 4.14. The Morgan fingerprint density at radius 2 is 2.03 bits per heavy atom. The number of alkyl halides is 2. The molecular formula is C21H16F2N6.